The Kier molecular flexibility index (Phi) is 5.73. The molecule has 5 aromatic rings. The number of allylic oxidation sites excluding steroid dienone is 1. The molecule has 33 heavy (non-hydrogen) atoms. The molecule has 5 nitrogen and oxygen atoms in total. The number of ether oxygens (including phenoxy) is 1. The molecule has 0 bridgehead atoms. The molecule has 0 aliphatic carbocycles. The van der Waals surface area contributed by atoms with Gasteiger partial charge in [0.2, 0.25) is 5.78 Å². The van der Waals surface area contributed by atoms with Gasteiger partial charge in [0.15, 0.2) is 5.76 Å². The number of fused-ring (bicyclic) bond motifs is 1. The zero-order valence-corrected chi connectivity index (χ0v) is 19.1. The predicted molar refractivity (Wildman–Crippen MR) is 131 cm³/mol. The minimum atomic E-state index is -0.475. The van der Waals surface area contributed by atoms with E-state index in [0.29, 0.717) is 27.5 Å². The van der Waals surface area contributed by atoms with Crippen LogP contribution in [0.3, 0.4) is 0 Å². The van der Waals surface area contributed by atoms with E-state index in [1.807, 2.05) is 47.8 Å². The van der Waals surface area contributed by atoms with Crippen molar-refractivity contribution < 1.29 is 18.7 Å². The second kappa shape index (κ2) is 8.97. The van der Waals surface area contributed by atoms with Gasteiger partial charge in [0.1, 0.15) is 21.2 Å². The van der Waals surface area contributed by atoms with Crippen LogP contribution in [0.5, 0.6) is 5.75 Å². The Morgan fingerprint density at radius 1 is 1.03 bits per heavy atom. The molecule has 0 radical (unpaired) electrons. The van der Waals surface area contributed by atoms with E-state index in [1.54, 1.807) is 48.6 Å². The van der Waals surface area contributed by atoms with Crippen molar-refractivity contribution in [2.75, 3.05) is 0 Å². The molecule has 0 fully saturated rings. The Morgan fingerprint density at radius 2 is 1.85 bits per heavy atom. The van der Waals surface area contributed by atoms with Crippen LogP contribution in [0.4, 0.5) is 0 Å². The van der Waals surface area contributed by atoms with Gasteiger partial charge in [-0.2, -0.15) is 0 Å². The zero-order chi connectivity index (χ0) is 22.8. The van der Waals surface area contributed by atoms with Gasteiger partial charge in [-0.15, -0.1) is 22.7 Å². The van der Waals surface area contributed by atoms with Crippen LogP contribution in [0.25, 0.3) is 26.9 Å². The molecule has 0 saturated carbocycles. The minimum absolute atomic E-state index is 0.253. The summed E-state index contributed by atoms with van der Waals surface area (Å²) in [5.41, 5.74) is 1.89. The van der Waals surface area contributed by atoms with E-state index in [2.05, 4.69) is 4.98 Å². The smallest absolute Gasteiger partial charge is 0.355 e. The summed E-state index contributed by atoms with van der Waals surface area (Å²) in [6, 6.07) is 20.1. The Hall–Kier alpha value is -3.81. The summed E-state index contributed by atoms with van der Waals surface area (Å²) >= 11 is 2.88. The molecule has 0 N–H and O–H groups in total. The van der Waals surface area contributed by atoms with Gasteiger partial charge in [-0.05, 0) is 48.7 Å². The third kappa shape index (κ3) is 4.41. The molecule has 5 rings (SSSR count). The summed E-state index contributed by atoms with van der Waals surface area (Å²) in [6.07, 6.45) is 3.03. The number of nitrogens with zero attached hydrogens (tertiary/aromatic N) is 1. The molecule has 0 saturated heterocycles. The average Bonchev–Trinajstić information content (AvgIpc) is 3.57. The summed E-state index contributed by atoms with van der Waals surface area (Å²) in [5.74, 6) is -0.131. The van der Waals surface area contributed by atoms with Crippen LogP contribution in [0.2, 0.25) is 0 Å². The maximum Gasteiger partial charge on any atom is 0.355 e. The number of esters is 1. The number of hydrogen-bond donors (Lipinski definition) is 0. The number of thiophene rings is 1. The fourth-order valence-electron chi connectivity index (χ4n) is 3.30. The lowest BCUT2D eigenvalue weighted by Gasteiger charge is -2.06. The van der Waals surface area contributed by atoms with Crippen molar-refractivity contribution in [2.24, 2.45) is 0 Å². The van der Waals surface area contributed by atoms with E-state index in [-0.39, 0.29) is 11.5 Å². The summed E-state index contributed by atoms with van der Waals surface area (Å²) < 4.78 is 11.3. The van der Waals surface area contributed by atoms with E-state index in [4.69, 9.17) is 9.15 Å². The monoisotopic (exact) mass is 471 g/mol. The van der Waals surface area contributed by atoms with E-state index in [9.17, 15) is 9.59 Å². The second-order valence-electron chi connectivity index (χ2n) is 7.18. The summed E-state index contributed by atoms with van der Waals surface area (Å²) in [4.78, 5) is 31.5. The second-order valence-corrected chi connectivity index (χ2v) is 9.13. The standard InChI is InChI=1S/C26H17NO4S2/c1-16-24(33-25(27-16)23-11-6-14-32-23)26(29)31-20-9-4-2-7-17(20)12-13-19(28)22-15-18-8-3-5-10-21(18)30-22/h2-15H,1H3/b13-12+. The molecule has 3 aromatic heterocycles. The number of thiazole rings is 1. The lowest BCUT2D eigenvalue weighted by molar-refractivity contribution is 0.0738. The van der Waals surface area contributed by atoms with Crippen LogP contribution in [0.1, 0.15) is 31.5 Å². The lowest BCUT2D eigenvalue weighted by atomic mass is 10.1. The van der Waals surface area contributed by atoms with Crippen LogP contribution in [-0.2, 0) is 0 Å². The van der Waals surface area contributed by atoms with Gasteiger partial charge < -0.3 is 9.15 Å². The molecule has 3 heterocycles. The van der Waals surface area contributed by atoms with Gasteiger partial charge >= 0.3 is 5.97 Å². The molecule has 162 valence electrons. The van der Waals surface area contributed by atoms with Crippen LogP contribution in [-0.4, -0.2) is 16.7 Å². The van der Waals surface area contributed by atoms with Gasteiger partial charge in [-0.1, -0.05) is 42.5 Å². The molecular weight excluding hydrogens is 454 g/mol. The zero-order valence-electron chi connectivity index (χ0n) is 17.5. The van der Waals surface area contributed by atoms with Crippen molar-refractivity contribution in [1.82, 2.24) is 4.98 Å². The number of furan rings is 1. The highest BCUT2D eigenvalue weighted by Crippen LogP contribution is 2.32. The molecule has 2 aromatic carbocycles. The summed E-state index contributed by atoms with van der Waals surface area (Å²) in [5, 5.41) is 3.63. The van der Waals surface area contributed by atoms with E-state index in [0.717, 1.165) is 15.3 Å². The first-order valence-corrected chi connectivity index (χ1v) is 11.8. The van der Waals surface area contributed by atoms with E-state index >= 15 is 0 Å². The van der Waals surface area contributed by atoms with Crippen LogP contribution >= 0.6 is 22.7 Å². The number of carbonyl (C=O) groups is 2. The first-order valence-electron chi connectivity index (χ1n) is 10.1. The highest BCUT2D eigenvalue weighted by atomic mass is 32.1. The minimum Gasteiger partial charge on any atom is -0.453 e. The fraction of sp³-hybridized carbons (Fsp3) is 0.0385. The SMILES string of the molecule is Cc1nc(-c2cccs2)sc1C(=O)Oc1ccccc1/C=C/C(=O)c1cc2ccccc2o1. The van der Waals surface area contributed by atoms with Gasteiger partial charge in [-0.25, -0.2) is 9.78 Å². The molecule has 0 unspecified atom stereocenters. The highest BCUT2D eigenvalue weighted by molar-refractivity contribution is 7.22. The summed E-state index contributed by atoms with van der Waals surface area (Å²) in [7, 11) is 0. The fourth-order valence-corrected chi connectivity index (χ4v) is 5.04. The van der Waals surface area contributed by atoms with Crippen LogP contribution < -0.4 is 4.74 Å². The molecule has 0 aliphatic heterocycles. The molecule has 0 aliphatic rings. The normalized spacial score (nSPS) is 11.3. The number of aromatic nitrogens is 1. The molecule has 0 spiro atoms. The van der Waals surface area contributed by atoms with Gasteiger partial charge in [-0.3, -0.25) is 4.79 Å². The van der Waals surface area contributed by atoms with E-state index in [1.165, 1.54) is 17.4 Å². The number of aryl methyl sites for hydroxylation is 1. The number of carbonyl (C=O) groups excluding carboxylic acids is 2. The Morgan fingerprint density at radius 3 is 2.67 bits per heavy atom. The Balaban J connectivity index is 1.36. The largest absolute Gasteiger partial charge is 0.453 e. The number of benzene rings is 2. The number of ketones is 1. The van der Waals surface area contributed by atoms with Crippen molar-refractivity contribution >= 4 is 51.5 Å². The quantitative estimate of drug-likeness (QED) is 0.115. The van der Waals surface area contributed by atoms with Gasteiger partial charge in [0.25, 0.3) is 0 Å². The molecule has 0 atom stereocenters. The van der Waals surface area contributed by atoms with Crippen molar-refractivity contribution in [2.45, 2.75) is 6.92 Å². The van der Waals surface area contributed by atoms with Crippen LogP contribution in [0, 0.1) is 6.92 Å². The Bertz CT molecular complexity index is 1460. The molecular formula is C26H17NO4S2. The average molecular weight is 472 g/mol. The third-order valence-corrected chi connectivity index (χ3v) is 7.09. The highest BCUT2D eigenvalue weighted by Gasteiger charge is 2.19. The maximum atomic E-state index is 12.9. The molecule has 7 heteroatoms. The van der Waals surface area contributed by atoms with Crippen molar-refractivity contribution in [3.8, 4) is 15.6 Å². The first-order chi connectivity index (χ1) is 16.1. The van der Waals surface area contributed by atoms with Crippen molar-refractivity contribution in [1.29, 1.82) is 0 Å². The van der Waals surface area contributed by atoms with Crippen molar-refractivity contribution in [3.05, 3.63) is 100 Å². The predicted octanol–water partition coefficient (Wildman–Crippen LogP) is 7.04. The number of hydrogen-bond acceptors (Lipinski definition) is 7. The number of para-hydroxylation sites is 2. The van der Waals surface area contributed by atoms with Gasteiger partial charge in [0, 0.05) is 10.9 Å². The molecule has 0 amide bonds. The van der Waals surface area contributed by atoms with Gasteiger partial charge in [0.05, 0.1) is 10.6 Å². The Labute approximate surface area is 197 Å². The number of rotatable bonds is 6. The maximum absolute atomic E-state index is 12.9. The third-order valence-electron chi connectivity index (χ3n) is 4.92. The topological polar surface area (TPSA) is 69.4 Å². The van der Waals surface area contributed by atoms with Crippen molar-refractivity contribution in [3.63, 3.8) is 0 Å². The summed E-state index contributed by atoms with van der Waals surface area (Å²) in [6.45, 7) is 1.79. The van der Waals surface area contributed by atoms with E-state index < -0.39 is 5.97 Å². The lowest BCUT2D eigenvalue weighted by Crippen LogP contribution is -2.09. The first kappa shape index (κ1) is 21.1. The van der Waals surface area contributed by atoms with Crippen LogP contribution in [0.15, 0.2) is 82.6 Å².